The van der Waals surface area contributed by atoms with Crippen molar-refractivity contribution < 1.29 is 9.18 Å². The number of alkyl halides is 1. The molecule has 1 aromatic carbocycles. The number of hydrogen-bond acceptors (Lipinski definition) is 6. The molecule has 0 spiro atoms. The van der Waals surface area contributed by atoms with Crippen molar-refractivity contribution in [1.29, 1.82) is 0 Å². The predicted octanol–water partition coefficient (Wildman–Crippen LogP) is 3.43. The Labute approximate surface area is 160 Å². The van der Waals surface area contributed by atoms with Crippen LogP contribution in [-0.4, -0.2) is 40.6 Å². The van der Waals surface area contributed by atoms with Crippen molar-refractivity contribution in [3.63, 3.8) is 0 Å². The van der Waals surface area contributed by atoms with Gasteiger partial charge in [-0.15, -0.1) is 11.3 Å². The van der Waals surface area contributed by atoms with Crippen molar-refractivity contribution in [1.82, 2.24) is 15.0 Å². The molecule has 0 unspecified atom stereocenters. The zero-order valence-electron chi connectivity index (χ0n) is 14.8. The first-order chi connectivity index (χ1) is 13.1. The van der Waals surface area contributed by atoms with E-state index in [0.29, 0.717) is 23.9 Å². The number of halogens is 1. The lowest BCUT2D eigenvalue weighted by atomic mass is 9.94. The first-order valence-corrected chi connectivity index (χ1v) is 9.79. The highest BCUT2D eigenvalue weighted by atomic mass is 32.1. The van der Waals surface area contributed by atoms with E-state index in [9.17, 15) is 9.18 Å². The third kappa shape index (κ3) is 3.75. The lowest BCUT2D eigenvalue weighted by Crippen LogP contribution is -2.34. The minimum Gasteiger partial charge on any atom is -0.366 e. The summed E-state index contributed by atoms with van der Waals surface area (Å²) >= 11 is 1.48. The minimum absolute atomic E-state index is 0.237. The molecule has 0 atom stereocenters. The van der Waals surface area contributed by atoms with Gasteiger partial charge in [0.2, 0.25) is 11.9 Å². The lowest BCUT2D eigenvalue weighted by molar-refractivity contribution is 0.100. The number of benzene rings is 1. The van der Waals surface area contributed by atoms with Crippen LogP contribution in [0.1, 0.15) is 29.6 Å². The van der Waals surface area contributed by atoms with Crippen LogP contribution in [0.2, 0.25) is 0 Å². The molecule has 2 aromatic heterocycles. The van der Waals surface area contributed by atoms with Gasteiger partial charge in [-0.2, -0.15) is 0 Å². The lowest BCUT2D eigenvalue weighted by Gasteiger charge is -2.31. The number of nitrogens with zero attached hydrogens (tertiary/aromatic N) is 4. The molecule has 1 aliphatic heterocycles. The number of aromatic nitrogens is 3. The SMILES string of the molecule is NC(=O)c1ccc2nc(-c3cnc(N4CCC(CCF)CC4)nc3)sc2c1. The van der Waals surface area contributed by atoms with E-state index in [4.69, 9.17) is 5.73 Å². The highest BCUT2D eigenvalue weighted by molar-refractivity contribution is 7.21. The van der Waals surface area contributed by atoms with E-state index in [1.54, 1.807) is 30.6 Å². The van der Waals surface area contributed by atoms with E-state index in [-0.39, 0.29) is 6.67 Å². The van der Waals surface area contributed by atoms with E-state index in [1.165, 1.54) is 11.3 Å². The fraction of sp³-hybridized carbons (Fsp3) is 0.368. The molecule has 0 aliphatic carbocycles. The minimum atomic E-state index is -0.449. The third-order valence-corrected chi connectivity index (χ3v) is 6.04. The summed E-state index contributed by atoms with van der Waals surface area (Å²) in [6.07, 6.45) is 6.18. The fourth-order valence-electron chi connectivity index (χ4n) is 3.37. The summed E-state index contributed by atoms with van der Waals surface area (Å²) in [5, 5.41) is 0.805. The third-order valence-electron chi connectivity index (χ3n) is 4.97. The maximum Gasteiger partial charge on any atom is 0.248 e. The van der Waals surface area contributed by atoms with Crippen LogP contribution in [0, 0.1) is 5.92 Å². The van der Waals surface area contributed by atoms with E-state index < -0.39 is 5.91 Å². The van der Waals surface area contributed by atoms with Crippen LogP contribution in [0.25, 0.3) is 20.8 Å². The number of carbonyl (C=O) groups is 1. The molecule has 3 heterocycles. The molecule has 3 aromatic rings. The Balaban J connectivity index is 1.51. The standard InChI is InChI=1S/C19H20FN5OS/c20-6-3-12-4-7-25(8-5-12)19-22-10-14(11-23-19)18-24-15-2-1-13(17(21)26)9-16(15)27-18/h1-2,9-12H,3-8H2,(H2,21,26). The first kappa shape index (κ1) is 17.8. The van der Waals surface area contributed by atoms with Gasteiger partial charge in [-0.3, -0.25) is 9.18 Å². The van der Waals surface area contributed by atoms with Gasteiger partial charge < -0.3 is 10.6 Å². The molecule has 1 amide bonds. The Morgan fingerprint density at radius 3 is 2.67 bits per heavy atom. The van der Waals surface area contributed by atoms with Crippen LogP contribution in [0.5, 0.6) is 0 Å². The molecule has 2 N–H and O–H groups in total. The normalized spacial score (nSPS) is 15.4. The van der Waals surface area contributed by atoms with Crippen LogP contribution in [0.3, 0.4) is 0 Å². The number of amides is 1. The molecule has 0 bridgehead atoms. The zero-order valence-corrected chi connectivity index (χ0v) is 15.6. The van der Waals surface area contributed by atoms with Gasteiger partial charge >= 0.3 is 0 Å². The summed E-state index contributed by atoms with van der Waals surface area (Å²) < 4.78 is 13.4. The van der Waals surface area contributed by atoms with Gasteiger partial charge in [-0.05, 0) is 43.4 Å². The topological polar surface area (TPSA) is 85.0 Å². The maximum absolute atomic E-state index is 12.5. The number of carbonyl (C=O) groups excluding carboxylic acids is 1. The number of rotatable bonds is 5. The molecule has 27 heavy (non-hydrogen) atoms. The van der Waals surface area contributed by atoms with Crippen LogP contribution >= 0.6 is 11.3 Å². The second kappa shape index (κ2) is 7.56. The summed E-state index contributed by atoms with van der Waals surface area (Å²) in [4.78, 5) is 27.1. The molecule has 1 aliphatic rings. The molecule has 4 rings (SSSR count). The molecule has 6 nitrogen and oxygen atoms in total. The number of nitrogens with two attached hydrogens (primary N) is 1. The molecular weight excluding hydrogens is 365 g/mol. The molecule has 8 heteroatoms. The van der Waals surface area contributed by atoms with Crippen molar-refractivity contribution in [2.45, 2.75) is 19.3 Å². The van der Waals surface area contributed by atoms with Gasteiger partial charge in [0.25, 0.3) is 0 Å². The Bertz CT molecular complexity index is 950. The number of fused-ring (bicyclic) bond motifs is 1. The number of primary amides is 1. The van der Waals surface area contributed by atoms with Gasteiger partial charge in [0.1, 0.15) is 5.01 Å². The van der Waals surface area contributed by atoms with E-state index in [1.807, 2.05) is 0 Å². The predicted molar refractivity (Wildman–Crippen MR) is 105 cm³/mol. The Morgan fingerprint density at radius 2 is 2.00 bits per heavy atom. The van der Waals surface area contributed by atoms with Crippen LogP contribution in [0.4, 0.5) is 10.3 Å². The van der Waals surface area contributed by atoms with Gasteiger partial charge in [0, 0.05) is 36.6 Å². The summed E-state index contributed by atoms with van der Waals surface area (Å²) in [5.41, 5.74) is 7.47. The maximum atomic E-state index is 12.5. The highest BCUT2D eigenvalue weighted by Crippen LogP contribution is 2.31. The van der Waals surface area contributed by atoms with Crippen molar-refractivity contribution in [3.05, 3.63) is 36.2 Å². The summed E-state index contributed by atoms with van der Waals surface area (Å²) in [7, 11) is 0. The molecule has 1 fully saturated rings. The van der Waals surface area contributed by atoms with Gasteiger partial charge in [0.15, 0.2) is 0 Å². The van der Waals surface area contributed by atoms with Crippen LogP contribution < -0.4 is 10.6 Å². The number of piperidine rings is 1. The number of thiazole rings is 1. The zero-order chi connectivity index (χ0) is 18.8. The van der Waals surface area contributed by atoms with Crippen molar-refractivity contribution >= 4 is 33.4 Å². The highest BCUT2D eigenvalue weighted by Gasteiger charge is 2.21. The second-order valence-corrected chi connectivity index (χ2v) is 7.78. The number of hydrogen-bond donors (Lipinski definition) is 1. The van der Waals surface area contributed by atoms with E-state index in [2.05, 4.69) is 19.9 Å². The van der Waals surface area contributed by atoms with Crippen molar-refractivity contribution in [3.8, 4) is 10.6 Å². The molecule has 0 saturated carbocycles. The molecular formula is C19H20FN5OS. The molecule has 140 valence electrons. The smallest absolute Gasteiger partial charge is 0.248 e. The first-order valence-electron chi connectivity index (χ1n) is 8.98. The summed E-state index contributed by atoms with van der Waals surface area (Å²) in [6, 6.07) is 5.24. The van der Waals surface area contributed by atoms with E-state index >= 15 is 0 Å². The van der Waals surface area contributed by atoms with Gasteiger partial charge in [0.05, 0.1) is 16.9 Å². The molecule has 1 saturated heterocycles. The van der Waals surface area contributed by atoms with Gasteiger partial charge in [-0.25, -0.2) is 15.0 Å². The van der Waals surface area contributed by atoms with Gasteiger partial charge in [-0.1, -0.05) is 0 Å². The monoisotopic (exact) mass is 385 g/mol. The fourth-order valence-corrected chi connectivity index (χ4v) is 4.35. The summed E-state index contributed by atoms with van der Waals surface area (Å²) in [5.74, 6) is 0.725. The van der Waals surface area contributed by atoms with Crippen molar-refractivity contribution in [2.24, 2.45) is 11.7 Å². The largest absolute Gasteiger partial charge is 0.366 e. The Kier molecular flexibility index (Phi) is 4.98. The summed E-state index contributed by atoms with van der Waals surface area (Å²) in [6.45, 7) is 1.49. The Hall–Kier alpha value is -2.61. The van der Waals surface area contributed by atoms with E-state index in [0.717, 1.165) is 46.7 Å². The quantitative estimate of drug-likeness (QED) is 0.727. The van der Waals surface area contributed by atoms with Crippen LogP contribution in [0.15, 0.2) is 30.6 Å². The van der Waals surface area contributed by atoms with Crippen LogP contribution in [-0.2, 0) is 0 Å². The second-order valence-electron chi connectivity index (χ2n) is 6.75. The molecule has 0 radical (unpaired) electrons. The number of anilines is 1. The Morgan fingerprint density at radius 1 is 1.26 bits per heavy atom. The van der Waals surface area contributed by atoms with Crippen molar-refractivity contribution in [2.75, 3.05) is 24.7 Å². The average molecular weight is 385 g/mol. The average Bonchev–Trinajstić information content (AvgIpc) is 3.12.